The lowest BCUT2D eigenvalue weighted by Crippen LogP contribution is -2.05. The van der Waals surface area contributed by atoms with Crippen molar-refractivity contribution in [2.75, 3.05) is 6.61 Å². The Bertz CT molecular complexity index is 544. The average Bonchev–Trinajstić information content (AvgIpc) is 2.94. The number of ketones is 1. The topological polar surface area (TPSA) is 26.3 Å². The van der Waals surface area contributed by atoms with Gasteiger partial charge < -0.3 is 4.74 Å². The molecule has 0 atom stereocenters. The van der Waals surface area contributed by atoms with Crippen LogP contribution in [0.15, 0.2) is 35.7 Å². The molecule has 0 unspecified atom stereocenters. The summed E-state index contributed by atoms with van der Waals surface area (Å²) in [5.74, 6) is 0.739. The number of benzene rings is 1. The number of thiophene rings is 1. The lowest BCUT2D eigenvalue weighted by molar-refractivity contribution is 0.103. The van der Waals surface area contributed by atoms with Crippen LogP contribution in [0.3, 0.4) is 0 Å². The van der Waals surface area contributed by atoms with Gasteiger partial charge in [0.15, 0.2) is 0 Å². The first-order valence-electron chi connectivity index (χ1n) is 6.54. The van der Waals surface area contributed by atoms with Crippen molar-refractivity contribution in [3.63, 3.8) is 0 Å². The third kappa shape index (κ3) is 3.44. The number of aryl methyl sites for hydroxylation is 1. The summed E-state index contributed by atoms with van der Waals surface area (Å²) in [5.41, 5.74) is 1.74. The quantitative estimate of drug-likeness (QED) is 0.574. The summed E-state index contributed by atoms with van der Waals surface area (Å²) in [6.07, 6.45) is 2.08. The Morgan fingerprint density at radius 3 is 2.84 bits per heavy atom. The third-order valence-electron chi connectivity index (χ3n) is 2.88. The van der Waals surface area contributed by atoms with Gasteiger partial charge in [0.25, 0.3) is 0 Å². The summed E-state index contributed by atoms with van der Waals surface area (Å²) >= 11 is 1.46. The molecular weight excluding hydrogens is 256 g/mol. The molecule has 0 aliphatic carbocycles. The molecule has 0 saturated heterocycles. The minimum atomic E-state index is 0.0465. The zero-order valence-electron chi connectivity index (χ0n) is 11.3. The summed E-state index contributed by atoms with van der Waals surface area (Å²) < 4.78 is 5.74. The maximum Gasteiger partial charge on any atom is 0.206 e. The van der Waals surface area contributed by atoms with Crippen molar-refractivity contribution in [2.24, 2.45) is 0 Å². The summed E-state index contributed by atoms with van der Waals surface area (Å²) in [6, 6.07) is 9.53. The fourth-order valence-electron chi connectivity index (χ4n) is 1.81. The van der Waals surface area contributed by atoms with Crippen LogP contribution in [0, 0.1) is 6.92 Å². The molecule has 0 amide bonds. The van der Waals surface area contributed by atoms with Crippen LogP contribution in [0.25, 0.3) is 0 Å². The second kappa shape index (κ2) is 6.53. The number of unbranched alkanes of at least 4 members (excludes halogenated alkanes) is 1. The summed E-state index contributed by atoms with van der Waals surface area (Å²) in [5, 5.41) is 1.92. The van der Waals surface area contributed by atoms with Crippen LogP contribution in [0.5, 0.6) is 5.75 Å². The molecule has 0 aliphatic rings. The van der Waals surface area contributed by atoms with Gasteiger partial charge in [0.05, 0.1) is 17.0 Å². The van der Waals surface area contributed by atoms with Crippen LogP contribution in [0.4, 0.5) is 0 Å². The van der Waals surface area contributed by atoms with Gasteiger partial charge in [0.1, 0.15) is 5.75 Å². The molecule has 0 N–H and O–H groups in total. The van der Waals surface area contributed by atoms with E-state index in [1.54, 1.807) is 0 Å². The Kier molecular flexibility index (Phi) is 4.74. The molecule has 1 aromatic carbocycles. The summed E-state index contributed by atoms with van der Waals surface area (Å²) in [7, 11) is 0. The zero-order valence-corrected chi connectivity index (χ0v) is 12.1. The van der Waals surface area contributed by atoms with Gasteiger partial charge in [0, 0.05) is 0 Å². The Morgan fingerprint density at radius 1 is 1.32 bits per heavy atom. The highest BCUT2D eigenvalue weighted by atomic mass is 32.1. The van der Waals surface area contributed by atoms with Crippen LogP contribution in [0.2, 0.25) is 0 Å². The van der Waals surface area contributed by atoms with Gasteiger partial charge in [-0.25, -0.2) is 0 Å². The number of hydrogen-bond donors (Lipinski definition) is 0. The molecular formula is C16H18O2S. The fraction of sp³-hybridized carbons (Fsp3) is 0.312. The van der Waals surface area contributed by atoms with Gasteiger partial charge in [-0.05, 0) is 36.9 Å². The molecule has 0 spiro atoms. The Labute approximate surface area is 118 Å². The van der Waals surface area contributed by atoms with E-state index in [2.05, 4.69) is 6.92 Å². The number of ether oxygens (including phenoxy) is 1. The van der Waals surface area contributed by atoms with Crippen molar-refractivity contribution in [3.8, 4) is 5.75 Å². The summed E-state index contributed by atoms with van der Waals surface area (Å²) in [4.78, 5) is 13.2. The van der Waals surface area contributed by atoms with E-state index < -0.39 is 0 Å². The average molecular weight is 274 g/mol. The molecule has 100 valence electrons. The highest BCUT2D eigenvalue weighted by Crippen LogP contribution is 2.25. The number of carbonyl (C=O) groups is 1. The molecule has 0 aliphatic heterocycles. The molecule has 2 aromatic rings. The SMILES string of the molecule is CCCCOc1ccc(C)cc1C(=O)c1cccs1. The van der Waals surface area contributed by atoms with Crippen molar-refractivity contribution in [1.29, 1.82) is 0 Å². The molecule has 3 heteroatoms. The van der Waals surface area contributed by atoms with Crippen LogP contribution >= 0.6 is 11.3 Å². The van der Waals surface area contributed by atoms with Crippen molar-refractivity contribution < 1.29 is 9.53 Å². The standard InChI is InChI=1S/C16H18O2S/c1-3-4-9-18-14-8-7-12(2)11-13(14)16(17)15-6-5-10-19-15/h5-8,10-11H,3-4,9H2,1-2H3. The molecule has 2 nitrogen and oxygen atoms in total. The Hall–Kier alpha value is -1.61. The van der Waals surface area contributed by atoms with E-state index in [1.807, 2.05) is 42.6 Å². The minimum Gasteiger partial charge on any atom is -0.493 e. The molecule has 19 heavy (non-hydrogen) atoms. The van der Waals surface area contributed by atoms with E-state index in [-0.39, 0.29) is 5.78 Å². The van der Waals surface area contributed by atoms with E-state index in [0.29, 0.717) is 17.9 Å². The van der Waals surface area contributed by atoms with Crippen LogP contribution in [0.1, 0.15) is 40.6 Å². The molecule has 0 bridgehead atoms. The van der Waals surface area contributed by atoms with Crippen molar-refractivity contribution >= 4 is 17.1 Å². The predicted octanol–water partition coefficient (Wildman–Crippen LogP) is 4.47. The lowest BCUT2D eigenvalue weighted by atomic mass is 10.1. The largest absolute Gasteiger partial charge is 0.493 e. The predicted molar refractivity (Wildman–Crippen MR) is 79.3 cm³/mol. The van der Waals surface area contributed by atoms with E-state index in [4.69, 9.17) is 4.74 Å². The van der Waals surface area contributed by atoms with Gasteiger partial charge in [-0.2, -0.15) is 0 Å². The maximum atomic E-state index is 12.4. The van der Waals surface area contributed by atoms with Crippen LogP contribution in [-0.2, 0) is 0 Å². The second-order valence-corrected chi connectivity index (χ2v) is 5.46. The number of hydrogen-bond acceptors (Lipinski definition) is 3. The number of carbonyl (C=O) groups excluding carboxylic acids is 1. The first-order valence-corrected chi connectivity index (χ1v) is 7.42. The first kappa shape index (κ1) is 13.8. The lowest BCUT2D eigenvalue weighted by Gasteiger charge is -2.10. The normalized spacial score (nSPS) is 10.4. The number of rotatable bonds is 6. The van der Waals surface area contributed by atoms with E-state index in [1.165, 1.54) is 11.3 Å². The maximum absolute atomic E-state index is 12.4. The zero-order chi connectivity index (χ0) is 13.7. The summed E-state index contributed by atoms with van der Waals surface area (Å²) in [6.45, 7) is 4.77. The van der Waals surface area contributed by atoms with Gasteiger partial charge in [0.2, 0.25) is 5.78 Å². The van der Waals surface area contributed by atoms with Crippen molar-refractivity contribution in [3.05, 3.63) is 51.7 Å². The van der Waals surface area contributed by atoms with Gasteiger partial charge >= 0.3 is 0 Å². The fourth-order valence-corrected chi connectivity index (χ4v) is 2.49. The van der Waals surface area contributed by atoms with Gasteiger partial charge in [-0.1, -0.05) is 31.0 Å². The van der Waals surface area contributed by atoms with Gasteiger partial charge in [-0.15, -0.1) is 11.3 Å². The molecule has 0 fully saturated rings. The van der Waals surface area contributed by atoms with E-state index in [9.17, 15) is 4.79 Å². The third-order valence-corrected chi connectivity index (χ3v) is 3.75. The molecule has 0 saturated carbocycles. The first-order chi connectivity index (χ1) is 9.22. The molecule has 2 rings (SSSR count). The molecule has 1 aromatic heterocycles. The second-order valence-electron chi connectivity index (χ2n) is 4.51. The van der Waals surface area contributed by atoms with E-state index >= 15 is 0 Å². The van der Waals surface area contributed by atoms with Gasteiger partial charge in [-0.3, -0.25) is 4.79 Å². The molecule has 1 heterocycles. The van der Waals surface area contributed by atoms with Crippen LogP contribution < -0.4 is 4.74 Å². The Balaban J connectivity index is 2.26. The highest BCUT2D eigenvalue weighted by molar-refractivity contribution is 7.12. The van der Waals surface area contributed by atoms with Crippen molar-refractivity contribution in [1.82, 2.24) is 0 Å². The Morgan fingerprint density at radius 2 is 2.16 bits per heavy atom. The highest BCUT2D eigenvalue weighted by Gasteiger charge is 2.15. The monoisotopic (exact) mass is 274 g/mol. The minimum absolute atomic E-state index is 0.0465. The van der Waals surface area contributed by atoms with Crippen LogP contribution in [-0.4, -0.2) is 12.4 Å². The molecule has 0 radical (unpaired) electrons. The smallest absolute Gasteiger partial charge is 0.206 e. The van der Waals surface area contributed by atoms with E-state index in [0.717, 1.165) is 23.3 Å². The van der Waals surface area contributed by atoms with Crippen molar-refractivity contribution in [2.45, 2.75) is 26.7 Å².